The SMILES string of the molecule is Cc1cccc(Cn2nc(C)c3c(N)[nH]nc32)c1. The van der Waals surface area contributed by atoms with Gasteiger partial charge in [-0.2, -0.15) is 10.2 Å². The molecule has 3 rings (SSSR count). The molecular weight excluding hydrogens is 226 g/mol. The van der Waals surface area contributed by atoms with E-state index >= 15 is 0 Å². The van der Waals surface area contributed by atoms with Crippen LogP contribution in [0.1, 0.15) is 16.8 Å². The third-order valence-corrected chi connectivity index (χ3v) is 3.07. The molecule has 0 radical (unpaired) electrons. The van der Waals surface area contributed by atoms with Gasteiger partial charge in [-0.1, -0.05) is 29.8 Å². The first-order valence-corrected chi connectivity index (χ1v) is 5.87. The smallest absolute Gasteiger partial charge is 0.182 e. The van der Waals surface area contributed by atoms with Gasteiger partial charge in [0.2, 0.25) is 0 Å². The molecule has 5 heteroatoms. The van der Waals surface area contributed by atoms with Crippen molar-refractivity contribution >= 4 is 16.9 Å². The number of anilines is 1. The summed E-state index contributed by atoms with van der Waals surface area (Å²) in [6.45, 7) is 4.73. The number of aromatic amines is 1. The molecule has 2 aromatic heterocycles. The fourth-order valence-electron chi connectivity index (χ4n) is 2.26. The van der Waals surface area contributed by atoms with Crippen molar-refractivity contribution in [3.63, 3.8) is 0 Å². The predicted molar refractivity (Wildman–Crippen MR) is 71.3 cm³/mol. The average molecular weight is 241 g/mol. The van der Waals surface area contributed by atoms with E-state index in [0.717, 1.165) is 16.7 Å². The van der Waals surface area contributed by atoms with Crippen LogP contribution in [-0.4, -0.2) is 20.0 Å². The molecule has 3 N–H and O–H groups in total. The Bertz CT molecular complexity index is 707. The number of hydrogen-bond acceptors (Lipinski definition) is 3. The summed E-state index contributed by atoms with van der Waals surface area (Å²) in [6, 6.07) is 8.38. The minimum absolute atomic E-state index is 0.581. The standard InChI is InChI=1S/C13H15N5/c1-8-4-3-5-10(6-8)7-18-13-11(9(2)17-18)12(14)15-16-13/h3-6H,7H2,1-2H3,(H3,14,15,16). The monoisotopic (exact) mass is 241 g/mol. The normalized spacial score (nSPS) is 11.2. The zero-order chi connectivity index (χ0) is 12.7. The van der Waals surface area contributed by atoms with Gasteiger partial charge in [0.05, 0.1) is 17.6 Å². The van der Waals surface area contributed by atoms with Crippen LogP contribution in [0.15, 0.2) is 24.3 Å². The second-order valence-electron chi connectivity index (χ2n) is 4.57. The third-order valence-electron chi connectivity index (χ3n) is 3.07. The quantitative estimate of drug-likeness (QED) is 0.720. The van der Waals surface area contributed by atoms with Crippen molar-refractivity contribution in [3.05, 3.63) is 41.1 Å². The maximum atomic E-state index is 5.84. The summed E-state index contributed by atoms with van der Waals surface area (Å²) < 4.78 is 1.88. The number of aromatic nitrogens is 4. The Morgan fingerprint density at radius 2 is 2.17 bits per heavy atom. The van der Waals surface area contributed by atoms with Gasteiger partial charge >= 0.3 is 0 Å². The minimum atomic E-state index is 0.581. The maximum Gasteiger partial charge on any atom is 0.182 e. The Kier molecular flexibility index (Phi) is 2.33. The van der Waals surface area contributed by atoms with Gasteiger partial charge in [0.15, 0.2) is 5.65 Å². The van der Waals surface area contributed by atoms with Crippen LogP contribution in [0.25, 0.3) is 11.0 Å². The van der Waals surface area contributed by atoms with Gasteiger partial charge in [-0.15, -0.1) is 0 Å². The summed E-state index contributed by atoms with van der Waals surface area (Å²) in [6.07, 6.45) is 0. The van der Waals surface area contributed by atoms with Crippen molar-refractivity contribution in [1.29, 1.82) is 0 Å². The molecule has 0 aliphatic carbocycles. The largest absolute Gasteiger partial charge is 0.383 e. The lowest BCUT2D eigenvalue weighted by molar-refractivity contribution is 0.691. The predicted octanol–water partition coefficient (Wildman–Crippen LogP) is 2.01. The number of rotatable bonds is 2. The molecule has 2 heterocycles. The van der Waals surface area contributed by atoms with Crippen molar-refractivity contribution < 1.29 is 0 Å². The molecule has 0 unspecified atom stereocenters. The summed E-state index contributed by atoms with van der Waals surface area (Å²) in [5.41, 5.74) is 10.0. The van der Waals surface area contributed by atoms with Gasteiger partial charge in [0.1, 0.15) is 5.82 Å². The Labute approximate surface area is 105 Å². The van der Waals surface area contributed by atoms with E-state index in [0.29, 0.717) is 12.4 Å². The molecule has 3 aromatic rings. The fourth-order valence-corrected chi connectivity index (χ4v) is 2.26. The number of aryl methyl sites for hydroxylation is 2. The van der Waals surface area contributed by atoms with Crippen molar-refractivity contribution in [2.24, 2.45) is 0 Å². The first-order valence-electron chi connectivity index (χ1n) is 5.87. The van der Waals surface area contributed by atoms with Gasteiger partial charge in [-0.25, -0.2) is 4.68 Å². The Hall–Kier alpha value is -2.30. The molecule has 0 saturated heterocycles. The molecule has 0 fully saturated rings. The van der Waals surface area contributed by atoms with Crippen molar-refractivity contribution in [2.75, 3.05) is 5.73 Å². The topological polar surface area (TPSA) is 72.5 Å². The van der Waals surface area contributed by atoms with Crippen LogP contribution >= 0.6 is 0 Å². The Morgan fingerprint density at radius 3 is 2.94 bits per heavy atom. The highest BCUT2D eigenvalue weighted by atomic mass is 15.3. The maximum absolute atomic E-state index is 5.84. The molecule has 18 heavy (non-hydrogen) atoms. The molecule has 0 atom stereocenters. The van der Waals surface area contributed by atoms with Crippen LogP contribution in [0.4, 0.5) is 5.82 Å². The Balaban J connectivity index is 2.05. The summed E-state index contributed by atoms with van der Waals surface area (Å²) in [5.74, 6) is 0.581. The van der Waals surface area contributed by atoms with Gasteiger partial charge < -0.3 is 5.73 Å². The molecule has 0 spiro atoms. The summed E-state index contributed by atoms with van der Waals surface area (Å²) in [4.78, 5) is 0. The van der Waals surface area contributed by atoms with Crippen LogP contribution in [0.2, 0.25) is 0 Å². The van der Waals surface area contributed by atoms with Gasteiger partial charge in [-0.05, 0) is 19.4 Å². The van der Waals surface area contributed by atoms with Gasteiger partial charge in [0, 0.05) is 0 Å². The van der Waals surface area contributed by atoms with E-state index in [4.69, 9.17) is 5.73 Å². The molecule has 0 saturated carbocycles. The lowest BCUT2D eigenvalue weighted by atomic mass is 10.1. The van der Waals surface area contributed by atoms with Gasteiger partial charge in [-0.3, -0.25) is 5.10 Å². The van der Waals surface area contributed by atoms with E-state index in [1.54, 1.807) is 0 Å². The van der Waals surface area contributed by atoms with E-state index in [1.165, 1.54) is 11.1 Å². The lowest BCUT2D eigenvalue weighted by Gasteiger charge is -2.03. The number of nitrogens with two attached hydrogens (primary N) is 1. The van der Waals surface area contributed by atoms with E-state index in [1.807, 2.05) is 11.6 Å². The lowest BCUT2D eigenvalue weighted by Crippen LogP contribution is -2.02. The van der Waals surface area contributed by atoms with E-state index in [9.17, 15) is 0 Å². The van der Waals surface area contributed by atoms with Crippen LogP contribution in [0.3, 0.4) is 0 Å². The van der Waals surface area contributed by atoms with E-state index < -0.39 is 0 Å². The average Bonchev–Trinajstić information content (AvgIpc) is 2.83. The fraction of sp³-hybridized carbons (Fsp3) is 0.231. The molecule has 92 valence electrons. The third kappa shape index (κ3) is 1.64. The number of nitrogen functional groups attached to an aromatic ring is 1. The second-order valence-corrected chi connectivity index (χ2v) is 4.57. The first-order chi connectivity index (χ1) is 8.65. The molecular formula is C13H15N5. The summed E-state index contributed by atoms with van der Waals surface area (Å²) in [5, 5.41) is 12.4. The second kappa shape index (κ2) is 3.87. The molecule has 0 aliphatic rings. The summed E-state index contributed by atoms with van der Waals surface area (Å²) >= 11 is 0. The zero-order valence-electron chi connectivity index (χ0n) is 10.4. The molecule has 5 nitrogen and oxygen atoms in total. The van der Waals surface area contributed by atoms with Crippen molar-refractivity contribution in [3.8, 4) is 0 Å². The zero-order valence-corrected chi connectivity index (χ0v) is 10.4. The van der Waals surface area contributed by atoms with Crippen molar-refractivity contribution in [2.45, 2.75) is 20.4 Å². The highest BCUT2D eigenvalue weighted by Crippen LogP contribution is 2.22. The van der Waals surface area contributed by atoms with Crippen molar-refractivity contribution in [1.82, 2.24) is 20.0 Å². The Morgan fingerprint density at radius 1 is 1.33 bits per heavy atom. The van der Waals surface area contributed by atoms with Crippen LogP contribution < -0.4 is 5.73 Å². The highest BCUT2D eigenvalue weighted by Gasteiger charge is 2.13. The van der Waals surface area contributed by atoms with Gasteiger partial charge in [0.25, 0.3) is 0 Å². The molecule has 0 bridgehead atoms. The highest BCUT2D eigenvalue weighted by molar-refractivity contribution is 5.88. The summed E-state index contributed by atoms with van der Waals surface area (Å²) in [7, 11) is 0. The molecule has 1 aromatic carbocycles. The number of benzene rings is 1. The molecule has 0 amide bonds. The van der Waals surface area contributed by atoms with Crippen LogP contribution in [0.5, 0.6) is 0 Å². The first kappa shape index (κ1) is 10.8. The minimum Gasteiger partial charge on any atom is -0.383 e. The number of nitrogens with zero attached hydrogens (tertiary/aromatic N) is 3. The number of fused-ring (bicyclic) bond motifs is 1. The molecule has 0 aliphatic heterocycles. The van der Waals surface area contributed by atoms with E-state index in [2.05, 4.69) is 46.5 Å². The van der Waals surface area contributed by atoms with Crippen LogP contribution in [0, 0.1) is 13.8 Å². The van der Waals surface area contributed by atoms with E-state index in [-0.39, 0.29) is 0 Å². The van der Waals surface area contributed by atoms with Crippen LogP contribution in [-0.2, 0) is 6.54 Å². The number of hydrogen-bond donors (Lipinski definition) is 2. The number of H-pyrrole nitrogens is 1. The number of nitrogens with one attached hydrogen (secondary N) is 1.